The Morgan fingerprint density at radius 3 is 2.08 bits per heavy atom. The summed E-state index contributed by atoms with van der Waals surface area (Å²) in [6, 6.07) is 17.2. The predicted octanol–water partition coefficient (Wildman–Crippen LogP) is 4.54. The van der Waals surface area contributed by atoms with Crippen LogP contribution in [0.25, 0.3) is 0 Å². The van der Waals surface area contributed by atoms with Gasteiger partial charge in [-0.3, -0.25) is 4.79 Å². The van der Waals surface area contributed by atoms with E-state index in [0.717, 1.165) is 16.8 Å². The van der Waals surface area contributed by atoms with E-state index in [-0.39, 0.29) is 11.9 Å². The third-order valence-electron chi connectivity index (χ3n) is 3.60. The summed E-state index contributed by atoms with van der Waals surface area (Å²) in [6.07, 6.45) is -0.307. The van der Waals surface area contributed by atoms with Crippen molar-refractivity contribution in [2.75, 3.05) is 5.32 Å². The molecule has 0 amide bonds. The molecule has 2 rings (SSSR count). The van der Waals surface area contributed by atoms with E-state index in [1.165, 1.54) is 0 Å². The van der Waals surface area contributed by atoms with Crippen molar-refractivity contribution in [1.82, 2.24) is 0 Å². The lowest BCUT2D eigenvalue weighted by Gasteiger charge is -2.16. The van der Waals surface area contributed by atoms with E-state index in [1.807, 2.05) is 68.4 Å². The van der Waals surface area contributed by atoms with Gasteiger partial charge in [0.05, 0.1) is 17.9 Å². The van der Waals surface area contributed by atoms with Crippen molar-refractivity contribution in [3.05, 3.63) is 59.7 Å². The zero-order chi connectivity index (χ0) is 19.1. The molecule has 5 nitrogen and oxygen atoms in total. The monoisotopic (exact) mass is 349 g/mol. The number of ether oxygens (including phenoxy) is 1. The van der Waals surface area contributed by atoms with Gasteiger partial charge >= 0.3 is 5.97 Å². The van der Waals surface area contributed by atoms with Crippen molar-refractivity contribution in [3.8, 4) is 6.07 Å². The predicted molar refractivity (Wildman–Crippen MR) is 103 cm³/mol. The first-order valence-corrected chi connectivity index (χ1v) is 8.48. The molecule has 1 unspecified atom stereocenters. The minimum Gasteiger partial charge on any atom is -0.462 e. The molecule has 0 heterocycles. The number of carbonyl (C=O) groups excluding carboxylic acids is 1. The molecule has 0 aliphatic rings. The van der Waals surface area contributed by atoms with Crippen molar-refractivity contribution in [2.45, 2.75) is 33.8 Å². The molecule has 5 heteroatoms. The Morgan fingerprint density at radius 1 is 1.04 bits per heavy atom. The van der Waals surface area contributed by atoms with Crippen LogP contribution in [0.15, 0.2) is 53.5 Å². The van der Waals surface area contributed by atoms with Crippen LogP contribution in [-0.2, 0) is 9.53 Å². The third-order valence-corrected chi connectivity index (χ3v) is 3.60. The molecule has 0 saturated carbocycles. The summed E-state index contributed by atoms with van der Waals surface area (Å²) < 4.78 is 5.22. The lowest BCUT2D eigenvalue weighted by molar-refractivity contribution is -0.148. The number of nitriles is 1. The van der Waals surface area contributed by atoms with Crippen molar-refractivity contribution < 1.29 is 9.53 Å². The van der Waals surface area contributed by atoms with Crippen LogP contribution >= 0.6 is 0 Å². The van der Waals surface area contributed by atoms with Crippen LogP contribution in [0.2, 0.25) is 0 Å². The number of nitrogens with zero attached hydrogens (tertiary/aromatic N) is 2. The highest BCUT2D eigenvalue weighted by Gasteiger charge is 2.27. The maximum absolute atomic E-state index is 12.3. The van der Waals surface area contributed by atoms with Crippen LogP contribution in [0, 0.1) is 31.1 Å². The molecule has 1 N–H and O–H groups in total. The highest BCUT2D eigenvalue weighted by Crippen LogP contribution is 2.18. The summed E-state index contributed by atoms with van der Waals surface area (Å²) in [5.41, 5.74) is 3.62. The molecule has 0 radical (unpaired) electrons. The van der Waals surface area contributed by atoms with Crippen molar-refractivity contribution in [3.63, 3.8) is 0 Å². The first-order valence-electron chi connectivity index (χ1n) is 8.48. The number of nitrogens with one attached hydrogen (secondary N) is 1. The first-order chi connectivity index (χ1) is 12.4. The van der Waals surface area contributed by atoms with Gasteiger partial charge in [0.15, 0.2) is 0 Å². The SMILES string of the molecule is Cc1ccc(N=C(Nc2ccc(C)cc2)C(C#N)C(=O)OC(C)C)cc1. The van der Waals surface area contributed by atoms with E-state index in [0.29, 0.717) is 5.69 Å². The van der Waals surface area contributed by atoms with Gasteiger partial charge in [-0.2, -0.15) is 5.26 Å². The maximum Gasteiger partial charge on any atom is 0.331 e. The number of anilines is 1. The highest BCUT2D eigenvalue weighted by molar-refractivity contribution is 6.11. The van der Waals surface area contributed by atoms with Crippen molar-refractivity contribution >= 4 is 23.2 Å². The summed E-state index contributed by atoms with van der Waals surface area (Å²) in [5.74, 6) is -1.51. The third kappa shape index (κ3) is 5.45. The Bertz CT molecular complexity index is 816. The maximum atomic E-state index is 12.3. The van der Waals surface area contributed by atoms with Crippen LogP contribution < -0.4 is 5.32 Å². The zero-order valence-electron chi connectivity index (χ0n) is 15.5. The quantitative estimate of drug-likeness (QED) is 0.489. The van der Waals surface area contributed by atoms with Crippen LogP contribution in [-0.4, -0.2) is 17.9 Å². The second kappa shape index (κ2) is 8.82. The first kappa shape index (κ1) is 19.2. The largest absolute Gasteiger partial charge is 0.462 e. The molecule has 26 heavy (non-hydrogen) atoms. The summed E-state index contributed by atoms with van der Waals surface area (Å²) >= 11 is 0. The molecular formula is C21H23N3O2. The number of hydrogen-bond donors (Lipinski definition) is 1. The summed E-state index contributed by atoms with van der Waals surface area (Å²) in [7, 11) is 0. The van der Waals surface area contributed by atoms with Gasteiger partial charge in [0.2, 0.25) is 5.92 Å². The smallest absolute Gasteiger partial charge is 0.331 e. The lowest BCUT2D eigenvalue weighted by Crippen LogP contribution is -2.31. The van der Waals surface area contributed by atoms with E-state index < -0.39 is 11.9 Å². The van der Waals surface area contributed by atoms with Gasteiger partial charge in [-0.1, -0.05) is 35.4 Å². The molecule has 2 aromatic carbocycles. The Hall–Kier alpha value is -3.13. The van der Waals surface area contributed by atoms with Crippen LogP contribution in [0.5, 0.6) is 0 Å². The average molecular weight is 349 g/mol. The van der Waals surface area contributed by atoms with Gasteiger partial charge in [0, 0.05) is 5.69 Å². The summed E-state index contributed by atoms with van der Waals surface area (Å²) in [6.45, 7) is 7.47. The van der Waals surface area contributed by atoms with E-state index >= 15 is 0 Å². The Balaban J connectivity index is 2.39. The fourth-order valence-corrected chi connectivity index (χ4v) is 2.23. The molecule has 2 aromatic rings. The number of amidine groups is 1. The fraction of sp³-hybridized carbons (Fsp3) is 0.286. The number of esters is 1. The molecular weight excluding hydrogens is 326 g/mol. The number of carbonyl (C=O) groups is 1. The minimum atomic E-state index is -1.14. The van der Waals surface area contributed by atoms with Gasteiger partial charge in [-0.25, -0.2) is 4.99 Å². The summed E-state index contributed by atoms with van der Waals surface area (Å²) in [5, 5.41) is 12.7. The number of aryl methyl sites for hydroxylation is 2. The fourth-order valence-electron chi connectivity index (χ4n) is 2.23. The molecule has 0 saturated heterocycles. The number of benzene rings is 2. The van der Waals surface area contributed by atoms with Gasteiger partial charge in [0.1, 0.15) is 5.84 Å². The van der Waals surface area contributed by atoms with E-state index in [1.54, 1.807) is 13.8 Å². The topological polar surface area (TPSA) is 74.5 Å². The van der Waals surface area contributed by atoms with Crippen LogP contribution in [0.4, 0.5) is 11.4 Å². The standard InChI is InChI=1S/C21H23N3O2/c1-14(2)26-21(25)19(13-22)20(23-17-9-5-15(3)6-10-17)24-18-11-7-16(4)8-12-18/h5-12,14,19H,1-4H3,(H,23,24). The van der Waals surface area contributed by atoms with E-state index in [9.17, 15) is 10.1 Å². The Morgan fingerprint density at radius 2 is 1.58 bits per heavy atom. The van der Waals surface area contributed by atoms with E-state index in [2.05, 4.69) is 10.3 Å². The molecule has 0 spiro atoms. The van der Waals surface area contributed by atoms with Crippen LogP contribution in [0.1, 0.15) is 25.0 Å². The summed E-state index contributed by atoms with van der Waals surface area (Å²) in [4.78, 5) is 16.8. The molecule has 0 aromatic heterocycles. The molecule has 134 valence electrons. The van der Waals surface area contributed by atoms with Gasteiger partial charge in [-0.05, 0) is 52.0 Å². The second-order valence-electron chi connectivity index (χ2n) is 6.37. The molecule has 0 fully saturated rings. The van der Waals surface area contributed by atoms with Crippen LogP contribution in [0.3, 0.4) is 0 Å². The molecule has 0 aliphatic carbocycles. The van der Waals surface area contributed by atoms with Gasteiger partial charge < -0.3 is 10.1 Å². The van der Waals surface area contributed by atoms with Crippen molar-refractivity contribution in [1.29, 1.82) is 5.26 Å². The Kier molecular flexibility index (Phi) is 6.51. The van der Waals surface area contributed by atoms with Crippen molar-refractivity contribution in [2.24, 2.45) is 10.9 Å². The minimum absolute atomic E-state index is 0.242. The molecule has 0 bridgehead atoms. The van der Waals surface area contributed by atoms with Gasteiger partial charge in [-0.15, -0.1) is 0 Å². The Labute approximate surface area is 154 Å². The normalized spacial score (nSPS) is 12.4. The van der Waals surface area contributed by atoms with Gasteiger partial charge in [0.25, 0.3) is 0 Å². The number of aliphatic imine (C=N–C) groups is 1. The number of hydrogen-bond acceptors (Lipinski definition) is 4. The van der Waals surface area contributed by atoms with E-state index in [4.69, 9.17) is 4.74 Å². The number of rotatable bonds is 5. The molecule has 1 atom stereocenters. The highest BCUT2D eigenvalue weighted by atomic mass is 16.5. The average Bonchev–Trinajstić information content (AvgIpc) is 2.59. The zero-order valence-corrected chi connectivity index (χ0v) is 15.5. The molecule has 0 aliphatic heterocycles. The lowest BCUT2D eigenvalue weighted by atomic mass is 10.1. The second-order valence-corrected chi connectivity index (χ2v) is 6.37.